The van der Waals surface area contributed by atoms with Gasteiger partial charge >= 0.3 is 0 Å². The molecule has 0 atom stereocenters. The van der Waals surface area contributed by atoms with Crippen LogP contribution in [-0.4, -0.2) is 4.98 Å². The van der Waals surface area contributed by atoms with Gasteiger partial charge in [0.25, 0.3) is 0 Å². The van der Waals surface area contributed by atoms with E-state index < -0.39 is 0 Å². The van der Waals surface area contributed by atoms with E-state index in [0.29, 0.717) is 0 Å². The average Bonchev–Trinajstić information content (AvgIpc) is 2.55. The summed E-state index contributed by atoms with van der Waals surface area (Å²) in [5.74, 6) is 0. The van der Waals surface area contributed by atoms with E-state index in [4.69, 9.17) is 0 Å². The van der Waals surface area contributed by atoms with Crippen LogP contribution in [0.2, 0.25) is 0 Å². The first-order valence-corrected chi connectivity index (χ1v) is 6.75. The molecule has 0 radical (unpaired) electrons. The smallest absolute Gasteiger partial charge is 0.0714 e. The zero-order valence-corrected chi connectivity index (χ0v) is 11.0. The monoisotopic (exact) mass is 255 g/mol. The van der Waals surface area contributed by atoms with Crippen molar-refractivity contribution in [2.45, 2.75) is 0 Å². The molecule has 0 saturated carbocycles. The van der Waals surface area contributed by atoms with Gasteiger partial charge < -0.3 is 0 Å². The predicted molar refractivity (Wildman–Crippen MR) is 84.7 cm³/mol. The Labute approximate surface area is 117 Å². The van der Waals surface area contributed by atoms with Gasteiger partial charge in [0, 0.05) is 17.0 Å². The summed E-state index contributed by atoms with van der Waals surface area (Å²) < 4.78 is 0. The molecule has 0 aliphatic heterocycles. The van der Waals surface area contributed by atoms with Crippen molar-refractivity contribution >= 4 is 21.7 Å². The van der Waals surface area contributed by atoms with Gasteiger partial charge in [0.1, 0.15) is 0 Å². The number of hydrogen-bond donors (Lipinski definition) is 0. The molecule has 3 aromatic carbocycles. The summed E-state index contributed by atoms with van der Waals surface area (Å²) in [6.45, 7) is 0. The van der Waals surface area contributed by atoms with Crippen LogP contribution in [-0.2, 0) is 0 Å². The van der Waals surface area contributed by atoms with Gasteiger partial charge in [0.15, 0.2) is 0 Å². The molecule has 94 valence electrons. The summed E-state index contributed by atoms with van der Waals surface area (Å²) in [6, 6.07) is 25.3. The van der Waals surface area contributed by atoms with Crippen molar-refractivity contribution in [1.82, 2.24) is 4.98 Å². The van der Waals surface area contributed by atoms with Gasteiger partial charge in [0.05, 0.1) is 5.52 Å². The number of rotatable bonds is 1. The second-order valence-electron chi connectivity index (χ2n) is 4.91. The SMILES string of the molecule is c1ccc(-c2cccc3ncc4ccccc4c23)cc1. The van der Waals surface area contributed by atoms with E-state index in [2.05, 4.69) is 71.7 Å². The predicted octanol–water partition coefficient (Wildman–Crippen LogP) is 5.06. The third kappa shape index (κ3) is 1.68. The zero-order chi connectivity index (χ0) is 13.4. The van der Waals surface area contributed by atoms with Crippen LogP contribution in [0.15, 0.2) is 79.0 Å². The number of hydrogen-bond acceptors (Lipinski definition) is 1. The summed E-state index contributed by atoms with van der Waals surface area (Å²) in [7, 11) is 0. The minimum Gasteiger partial charge on any atom is -0.256 e. The topological polar surface area (TPSA) is 12.9 Å². The van der Waals surface area contributed by atoms with Gasteiger partial charge in [-0.25, -0.2) is 0 Å². The molecule has 1 aromatic heterocycles. The van der Waals surface area contributed by atoms with E-state index in [-0.39, 0.29) is 0 Å². The highest BCUT2D eigenvalue weighted by Crippen LogP contribution is 2.32. The van der Waals surface area contributed by atoms with Crippen LogP contribution in [0.25, 0.3) is 32.8 Å². The fourth-order valence-corrected chi connectivity index (χ4v) is 2.77. The maximum absolute atomic E-state index is 4.60. The maximum atomic E-state index is 4.60. The van der Waals surface area contributed by atoms with Crippen molar-refractivity contribution in [2.75, 3.05) is 0 Å². The van der Waals surface area contributed by atoms with Crippen LogP contribution in [0, 0.1) is 0 Å². The van der Waals surface area contributed by atoms with E-state index in [1.54, 1.807) is 0 Å². The lowest BCUT2D eigenvalue weighted by molar-refractivity contribution is 1.44. The molecular formula is C19H13N. The fraction of sp³-hybridized carbons (Fsp3) is 0. The lowest BCUT2D eigenvalue weighted by atomic mass is 9.97. The highest BCUT2D eigenvalue weighted by Gasteiger charge is 2.07. The summed E-state index contributed by atoms with van der Waals surface area (Å²) >= 11 is 0. The highest BCUT2D eigenvalue weighted by atomic mass is 14.6. The molecule has 0 aliphatic rings. The number of fused-ring (bicyclic) bond motifs is 3. The fourth-order valence-electron chi connectivity index (χ4n) is 2.77. The van der Waals surface area contributed by atoms with Crippen molar-refractivity contribution < 1.29 is 0 Å². The molecule has 0 N–H and O–H groups in total. The minimum absolute atomic E-state index is 1.05. The molecule has 4 rings (SSSR count). The van der Waals surface area contributed by atoms with Crippen LogP contribution >= 0.6 is 0 Å². The van der Waals surface area contributed by atoms with Crippen molar-refractivity contribution in [2.24, 2.45) is 0 Å². The molecule has 1 heteroatoms. The van der Waals surface area contributed by atoms with E-state index in [1.165, 1.54) is 27.3 Å². The second kappa shape index (κ2) is 4.46. The Morgan fingerprint density at radius 3 is 2.35 bits per heavy atom. The molecule has 0 amide bonds. The Hall–Kier alpha value is -2.67. The molecule has 0 unspecified atom stereocenters. The quantitative estimate of drug-likeness (QED) is 0.433. The van der Waals surface area contributed by atoms with Gasteiger partial charge in [-0.05, 0) is 22.6 Å². The zero-order valence-electron chi connectivity index (χ0n) is 11.0. The summed E-state index contributed by atoms with van der Waals surface area (Å²) in [5.41, 5.74) is 3.52. The highest BCUT2D eigenvalue weighted by molar-refractivity contribution is 6.12. The van der Waals surface area contributed by atoms with Crippen LogP contribution in [0.1, 0.15) is 0 Å². The van der Waals surface area contributed by atoms with Crippen LogP contribution in [0.4, 0.5) is 0 Å². The molecule has 0 fully saturated rings. The summed E-state index contributed by atoms with van der Waals surface area (Å²) in [6.07, 6.45) is 1.95. The van der Waals surface area contributed by atoms with E-state index in [9.17, 15) is 0 Å². The first-order chi connectivity index (χ1) is 9.93. The Morgan fingerprint density at radius 2 is 1.45 bits per heavy atom. The molecule has 1 nitrogen and oxygen atoms in total. The van der Waals surface area contributed by atoms with Gasteiger partial charge in [0.2, 0.25) is 0 Å². The maximum Gasteiger partial charge on any atom is 0.0714 e. The largest absolute Gasteiger partial charge is 0.256 e. The molecule has 0 aliphatic carbocycles. The van der Waals surface area contributed by atoms with Gasteiger partial charge in [-0.3, -0.25) is 4.98 Å². The van der Waals surface area contributed by atoms with E-state index in [0.717, 1.165) is 5.52 Å². The minimum atomic E-state index is 1.05. The van der Waals surface area contributed by atoms with Crippen LogP contribution in [0.5, 0.6) is 0 Å². The molecule has 4 aromatic rings. The third-order valence-electron chi connectivity index (χ3n) is 3.70. The molecule has 0 spiro atoms. The lowest BCUT2D eigenvalue weighted by Crippen LogP contribution is -1.86. The van der Waals surface area contributed by atoms with E-state index >= 15 is 0 Å². The Balaban J connectivity index is 2.19. The van der Waals surface area contributed by atoms with Crippen molar-refractivity contribution in [3.63, 3.8) is 0 Å². The molecule has 0 saturated heterocycles. The van der Waals surface area contributed by atoms with Gasteiger partial charge in [-0.1, -0.05) is 66.7 Å². The molecule has 1 heterocycles. The standard InChI is InChI=1S/C19H13N/c1-2-7-14(8-3-1)16-11-6-12-18-19(16)17-10-5-4-9-15(17)13-20-18/h1-13H. The van der Waals surface area contributed by atoms with Gasteiger partial charge in [-0.2, -0.15) is 0 Å². The number of nitrogens with zero attached hydrogens (tertiary/aromatic N) is 1. The number of pyridine rings is 1. The normalized spacial score (nSPS) is 11.0. The lowest BCUT2D eigenvalue weighted by Gasteiger charge is -2.09. The van der Waals surface area contributed by atoms with E-state index in [1.807, 2.05) is 12.3 Å². The summed E-state index contributed by atoms with van der Waals surface area (Å²) in [4.78, 5) is 4.60. The number of aromatic nitrogens is 1. The average molecular weight is 255 g/mol. The van der Waals surface area contributed by atoms with Crippen molar-refractivity contribution in [1.29, 1.82) is 0 Å². The Morgan fingerprint density at radius 1 is 0.650 bits per heavy atom. The second-order valence-corrected chi connectivity index (χ2v) is 4.91. The molecular weight excluding hydrogens is 242 g/mol. The Bertz CT molecular complexity index is 895. The van der Waals surface area contributed by atoms with Crippen molar-refractivity contribution in [3.8, 4) is 11.1 Å². The number of benzene rings is 3. The van der Waals surface area contributed by atoms with Crippen molar-refractivity contribution in [3.05, 3.63) is 79.0 Å². The molecule has 20 heavy (non-hydrogen) atoms. The van der Waals surface area contributed by atoms with Crippen LogP contribution in [0.3, 0.4) is 0 Å². The molecule has 0 bridgehead atoms. The van der Waals surface area contributed by atoms with Crippen LogP contribution < -0.4 is 0 Å². The first-order valence-electron chi connectivity index (χ1n) is 6.75. The Kier molecular flexibility index (Phi) is 2.49. The summed E-state index contributed by atoms with van der Waals surface area (Å²) in [5, 5.41) is 3.68. The first kappa shape index (κ1) is 11.2. The van der Waals surface area contributed by atoms with Gasteiger partial charge in [-0.15, -0.1) is 0 Å². The third-order valence-corrected chi connectivity index (χ3v) is 3.70.